The highest BCUT2D eigenvalue weighted by molar-refractivity contribution is 6.52. The van der Waals surface area contributed by atoms with Crippen molar-refractivity contribution in [2.75, 3.05) is 0 Å². The number of hydrogen-bond donors (Lipinski definition) is 0. The number of alkyl halides is 2. The van der Waals surface area contributed by atoms with E-state index in [-0.39, 0.29) is 17.8 Å². The normalized spacial score (nSPS) is 51.8. The van der Waals surface area contributed by atoms with E-state index in [9.17, 15) is 4.79 Å². The molecular formula is C17H24Cl2O6. The van der Waals surface area contributed by atoms with Crippen molar-refractivity contribution in [1.82, 2.24) is 0 Å². The summed E-state index contributed by atoms with van der Waals surface area (Å²) in [5, 5.41) is 0. The average molecular weight is 395 g/mol. The molecule has 5 rings (SSSR count). The van der Waals surface area contributed by atoms with E-state index in [4.69, 9.17) is 47.2 Å². The maximum Gasteiger partial charge on any atom is 0.341 e. The van der Waals surface area contributed by atoms with Gasteiger partial charge in [0.15, 0.2) is 11.9 Å². The highest BCUT2D eigenvalue weighted by Gasteiger charge is 2.69. The number of carbonyl (C=O) groups excluding carboxylic acids is 1. The molecule has 4 heterocycles. The first-order chi connectivity index (χ1) is 11.8. The van der Waals surface area contributed by atoms with Gasteiger partial charge in [0.1, 0.15) is 0 Å². The van der Waals surface area contributed by atoms with Crippen LogP contribution in [0.4, 0.5) is 0 Å². The largest absolute Gasteiger partial charge is 0.433 e. The second kappa shape index (κ2) is 6.21. The first-order valence-corrected chi connectivity index (χ1v) is 9.83. The molecule has 4 saturated heterocycles. The maximum atomic E-state index is 11.9. The smallest absolute Gasteiger partial charge is 0.341 e. The average Bonchev–Trinajstić information content (AvgIpc) is 2.78. The van der Waals surface area contributed by atoms with Crippen LogP contribution in [0.15, 0.2) is 0 Å². The zero-order valence-corrected chi connectivity index (χ0v) is 16.1. The van der Waals surface area contributed by atoms with Crippen LogP contribution in [0.5, 0.6) is 0 Å². The topological polar surface area (TPSA) is 63.2 Å². The number of esters is 1. The molecule has 142 valence electrons. The third-order valence-electron chi connectivity index (χ3n) is 6.51. The summed E-state index contributed by atoms with van der Waals surface area (Å²) in [5.41, 5.74) is -0.669. The summed E-state index contributed by atoms with van der Waals surface area (Å²) in [6.45, 7) is 6.10. The van der Waals surface area contributed by atoms with Crippen LogP contribution >= 0.6 is 23.2 Å². The monoisotopic (exact) mass is 394 g/mol. The summed E-state index contributed by atoms with van der Waals surface area (Å²) in [5.74, 6) is -0.799. The molecule has 5 aliphatic rings. The molecular weight excluding hydrogens is 371 g/mol. The molecule has 8 unspecified atom stereocenters. The first-order valence-electron chi connectivity index (χ1n) is 8.95. The van der Waals surface area contributed by atoms with Gasteiger partial charge in [0.2, 0.25) is 16.9 Å². The van der Waals surface area contributed by atoms with Gasteiger partial charge in [0, 0.05) is 18.3 Å². The van der Waals surface area contributed by atoms with Crippen LogP contribution < -0.4 is 0 Å². The van der Waals surface area contributed by atoms with E-state index in [1.54, 1.807) is 0 Å². The van der Waals surface area contributed by atoms with E-state index in [1.165, 1.54) is 0 Å². The third-order valence-corrected chi connectivity index (χ3v) is 6.86. The van der Waals surface area contributed by atoms with Crippen molar-refractivity contribution in [3.05, 3.63) is 0 Å². The lowest BCUT2D eigenvalue weighted by Crippen LogP contribution is -2.70. The molecule has 1 saturated carbocycles. The summed E-state index contributed by atoms with van der Waals surface area (Å²) >= 11 is 11.3. The Balaban J connectivity index is 1.68. The van der Waals surface area contributed by atoms with Crippen molar-refractivity contribution in [1.29, 1.82) is 0 Å². The van der Waals surface area contributed by atoms with Gasteiger partial charge >= 0.3 is 5.97 Å². The molecule has 0 N–H and O–H groups in total. The Kier molecular flexibility index (Phi) is 4.54. The predicted molar refractivity (Wildman–Crippen MR) is 88.4 cm³/mol. The van der Waals surface area contributed by atoms with E-state index >= 15 is 0 Å². The Bertz CT molecular complexity index is 559. The maximum absolute atomic E-state index is 11.9. The summed E-state index contributed by atoms with van der Waals surface area (Å²) in [6.07, 6.45) is 2.29. The van der Waals surface area contributed by atoms with Gasteiger partial charge in [-0.2, -0.15) is 0 Å². The minimum Gasteiger partial charge on any atom is -0.433 e. The fourth-order valence-electron chi connectivity index (χ4n) is 5.17. The standard InChI is InChI=1S/C17H24Cl2O6/c1-8-4-5-11-9(2)14(21-13(20)12(18)19)22-15-17(11)10(8)6-7-16(3,23-15)24-25-17/h8-12,14-15H,4-7H2,1-3H3. The molecule has 25 heavy (non-hydrogen) atoms. The highest BCUT2D eigenvalue weighted by Crippen LogP contribution is 2.60. The van der Waals surface area contributed by atoms with Crippen LogP contribution in [0.25, 0.3) is 0 Å². The minimum atomic E-state index is -1.24. The number of ether oxygens (including phenoxy) is 3. The Hall–Kier alpha value is -0.110. The summed E-state index contributed by atoms with van der Waals surface area (Å²) in [4.78, 5) is 22.4. The van der Waals surface area contributed by atoms with Gasteiger partial charge in [-0.3, -0.25) is 0 Å². The van der Waals surface area contributed by atoms with Gasteiger partial charge in [-0.25, -0.2) is 14.6 Å². The van der Waals surface area contributed by atoms with Gasteiger partial charge in [-0.1, -0.05) is 37.0 Å². The zero-order chi connectivity index (χ0) is 18.0. The van der Waals surface area contributed by atoms with Crippen molar-refractivity contribution >= 4 is 29.2 Å². The van der Waals surface area contributed by atoms with Gasteiger partial charge in [-0.05, 0) is 38.0 Å². The van der Waals surface area contributed by atoms with Crippen molar-refractivity contribution in [2.24, 2.45) is 23.7 Å². The molecule has 0 radical (unpaired) electrons. The van der Waals surface area contributed by atoms with Crippen molar-refractivity contribution in [2.45, 2.75) is 75.3 Å². The van der Waals surface area contributed by atoms with Crippen molar-refractivity contribution < 1.29 is 28.8 Å². The first kappa shape index (κ1) is 18.3. The zero-order valence-electron chi connectivity index (χ0n) is 14.6. The van der Waals surface area contributed by atoms with Crippen molar-refractivity contribution in [3.8, 4) is 0 Å². The molecule has 8 heteroatoms. The van der Waals surface area contributed by atoms with Gasteiger partial charge in [-0.15, -0.1) is 0 Å². The summed E-state index contributed by atoms with van der Waals surface area (Å²) in [6, 6.07) is 0. The fraction of sp³-hybridized carbons (Fsp3) is 0.941. The number of rotatable bonds is 2. The molecule has 6 nitrogen and oxygen atoms in total. The summed E-state index contributed by atoms with van der Waals surface area (Å²) in [7, 11) is 0. The molecule has 4 aliphatic heterocycles. The van der Waals surface area contributed by atoms with Crippen LogP contribution in [0, 0.1) is 23.7 Å². The Labute approximate surface area is 157 Å². The number of carbonyl (C=O) groups is 1. The van der Waals surface area contributed by atoms with Crippen LogP contribution in [-0.4, -0.2) is 34.8 Å². The second-order valence-corrected chi connectivity index (χ2v) is 9.11. The molecule has 5 fully saturated rings. The van der Waals surface area contributed by atoms with Crippen LogP contribution in [0.2, 0.25) is 0 Å². The molecule has 1 aliphatic carbocycles. The molecule has 0 amide bonds. The van der Waals surface area contributed by atoms with E-state index in [1.807, 2.05) is 13.8 Å². The predicted octanol–water partition coefficient (Wildman–Crippen LogP) is 3.54. The lowest BCUT2D eigenvalue weighted by molar-refractivity contribution is -0.576. The number of fused-ring (bicyclic) bond motifs is 2. The third kappa shape index (κ3) is 2.72. The highest BCUT2D eigenvalue weighted by atomic mass is 35.5. The minimum absolute atomic E-state index is 0.0862. The molecule has 1 spiro atoms. The van der Waals surface area contributed by atoms with E-state index in [0.29, 0.717) is 5.92 Å². The SMILES string of the molecule is CC1CCC2C(C)C(OC(=O)C(Cl)Cl)OC3OC4(C)CCC1C32OO4. The number of halogens is 2. The summed E-state index contributed by atoms with van der Waals surface area (Å²) < 4.78 is 17.7. The van der Waals surface area contributed by atoms with E-state index in [0.717, 1.165) is 25.7 Å². The Morgan fingerprint density at radius 1 is 1.16 bits per heavy atom. The fourth-order valence-corrected chi connectivity index (χ4v) is 5.28. The van der Waals surface area contributed by atoms with Gasteiger partial charge < -0.3 is 14.2 Å². The number of hydrogen-bond acceptors (Lipinski definition) is 6. The lowest BCUT2D eigenvalue weighted by Gasteiger charge is -2.59. The molecule has 8 atom stereocenters. The molecule has 2 bridgehead atoms. The lowest BCUT2D eigenvalue weighted by atomic mass is 9.58. The van der Waals surface area contributed by atoms with Gasteiger partial charge in [0.05, 0.1) is 0 Å². The van der Waals surface area contributed by atoms with Crippen LogP contribution in [0.1, 0.15) is 46.5 Å². The van der Waals surface area contributed by atoms with Gasteiger partial charge in [0.25, 0.3) is 0 Å². The molecule has 0 aromatic rings. The van der Waals surface area contributed by atoms with Crippen molar-refractivity contribution in [3.63, 3.8) is 0 Å². The quantitative estimate of drug-likeness (QED) is 0.405. The molecule has 0 aromatic carbocycles. The van der Waals surface area contributed by atoms with Crippen LogP contribution in [0.3, 0.4) is 0 Å². The second-order valence-electron chi connectivity index (χ2n) is 8.01. The van der Waals surface area contributed by atoms with Crippen LogP contribution in [-0.2, 0) is 28.8 Å². The molecule has 0 aromatic heterocycles. The van der Waals surface area contributed by atoms with E-state index in [2.05, 4.69) is 6.92 Å². The van der Waals surface area contributed by atoms with E-state index < -0.39 is 34.8 Å². The Morgan fingerprint density at radius 2 is 1.92 bits per heavy atom. The Morgan fingerprint density at radius 3 is 2.64 bits per heavy atom.